The second-order valence-electron chi connectivity index (χ2n) is 8.36. The Morgan fingerprint density at radius 2 is 1.92 bits per heavy atom. The van der Waals surface area contributed by atoms with Crippen LogP contribution in [0.25, 0.3) is 0 Å². The minimum Gasteiger partial charge on any atom is -0.468 e. The molecule has 25 heavy (non-hydrogen) atoms. The Morgan fingerprint density at radius 1 is 1.20 bits per heavy atom. The number of esters is 1. The Balaban J connectivity index is 1.66. The van der Waals surface area contributed by atoms with Crippen LogP contribution in [0.5, 0.6) is 0 Å². The Morgan fingerprint density at radius 3 is 2.52 bits per heavy atom. The van der Waals surface area contributed by atoms with Gasteiger partial charge in [0, 0.05) is 32.7 Å². The molecule has 2 saturated heterocycles. The van der Waals surface area contributed by atoms with Crippen molar-refractivity contribution in [2.45, 2.75) is 76.2 Å². The van der Waals surface area contributed by atoms with Gasteiger partial charge in [-0.1, -0.05) is 0 Å². The lowest BCUT2D eigenvalue weighted by Crippen LogP contribution is -2.89. The van der Waals surface area contributed by atoms with E-state index in [1.54, 1.807) is 0 Å². The van der Waals surface area contributed by atoms with Crippen LogP contribution < -0.4 is 5.32 Å². The molecule has 0 aromatic carbocycles. The monoisotopic (exact) mass is 354 g/mol. The summed E-state index contributed by atoms with van der Waals surface area (Å²) in [6.07, 6.45) is 6.05. The molecular weight excluding hydrogens is 318 g/mol. The Kier molecular flexibility index (Phi) is 6.36. The molecule has 2 aliphatic heterocycles. The van der Waals surface area contributed by atoms with Gasteiger partial charge in [0.25, 0.3) is 0 Å². The smallest absolute Gasteiger partial charge is 0.323 e. The summed E-state index contributed by atoms with van der Waals surface area (Å²) in [7, 11) is 3.34. The van der Waals surface area contributed by atoms with Crippen molar-refractivity contribution >= 4 is 5.97 Å². The first kappa shape index (κ1) is 19.1. The van der Waals surface area contributed by atoms with Crippen molar-refractivity contribution in [1.29, 1.82) is 0 Å². The van der Waals surface area contributed by atoms with Crippen molar-refractivity contribution in [3.63, 3.8) is 0 Å². The van der Waals surface area contributed by atoms with Gasteiger partial charge in [-0.2, -0.15) is 0 Å². The summed E-state index contributed by atoms with van der Waals surface area (Å²) in [4.78, 5) is 17.4. The van der Waals surface area contributed by atoms with Gasteiger partial charge in [0.05, 0.1) is 19.3 Å². The maximum Gasteiger partial charge on any atom is 0.323 e. The number of nitrogens with zero attached hydrogens (tertiary/aromatic N) is 2. The molecule has 0 amide bonds. The van der Waals surface area contributed by atoms with Crippen molar-refractivity contribution in [2.24, 2.45) is 5.92 Å². The van der Waals surface area contributed by atoms with E-state index in [-0.39, 0.29) is 12.0 Å². The fourth-order valence-electron chi connectivity index (χ4n) is 5.12. The SMILES string of the molecule is COC(=O)C1CC2[NH2+]CN(C(C)C)C2CN1CC1CCC(OC)CC1. The fraction of sp³-hybridized carbons (Fsp3) is 0.947. The van der Waals surface area contributed by atoms with Crippen LogP contribution in [0.3, 0.4) is 0 Å². The number of rotatable bonds is 5. The van der Waals surface area contributed by atoms with Crippen molar-refractivity contribution in [1.82, 2.24) is 9.80 Å². The number of carbonyl (C=O) groups excluding carboxylic acids is 1. The van der Waals surface area contributed by atoms with E-state index in [2.05, 4.69) is 29.0 Å². The molecule has 2 N–H and O–H groups in total. The predicted octanol–water partition coefficient (Wildman–Crippen LogP) is 0.421. The van der Waals surface area contributed by atoms with E-state index < -0.39 is 0 Å². The van der Waals surface area contributed by atoms with Gasteiger partial charge in [-0.05, 0) is 45.4 Å². The van der Waals surface area contributed by atoms with E-state index in [4.69, 9.17) is 9.47 Å². The van der Waals surface area contributed by atoms with Crippen LogP contribution in [0.2, 0.25) is 0 Å². The molecule has 0 aromatic rings. The van der Waals surface area contributed by atoms with Crippen molar-refractivity contribution in [3.05, 3.63) is 0 Å². The Labute approximate surface area is 152 Å². The lowest BCUT2D eigenvalue weighted by molar-refractivity contribution is -0.678. The van der Waals surface area contributed by atoms with Crippen LogP contribution in [0.4, 0.5) is 0 Å². The third-order valence-electron chi connectivity index (χ3n) is 6.65. The highest BCUT2D eigenvalue weighted by atomic mass is 16.5. The molecule has 6 nitrogen and oxygen atoms in total. The first-order valence-electron chi connectivity index (χ1n) is 9.97. The lowest BCUT2D eigenvalue weighted by atomic mass is 9.85. The molecule has 1 saturated carbocycles. The normalized spacial score (nSPS) is 37.2. The molecule has 0 bridgehead atoms. The predicted molar refractivity (Wildman–Crippen MR) is 96.1 cm³/mol. The van der Waals surface area contributed by atoms with Gasteiger partial charge in [0.2, 0.25) is 0 Å². The Hall–Kier alpha value is -0.690. The topological polar surface area (TPSA) is 58.6 Å². The molecular formula is C19H36N3O3+. The first-order chi connectivity index (χ1) is 12.0. The highest BCUT2D eigenvalue weighted by Gasteiger charge is 2.48. The number of piperidine rings is 1. The number of fused-ring (bicyclic) bond motifs is 1. The number of hydrogen-bond acceptors (Lipinski definition) is 5. The summed E-state index contributed by atoms with van der Waals surface area (Å²) >= 11 is 0. The number of hydrogen-bond donors (Lipinski definition) is 1. The van der Waals surface area contributed by atoms with Gasteiger partial charge >= 0.3 is 5.97 Å². The maximum atomic E-state index is 12.4. The van der Waals surface area contributed by atoms with Crippen LogP contribution in [-0.4, -0.2) is 80.0 Å². The van der Waals surface area contributed by atoms with Gasteiger partial charge in [0.15, 0.2) is 0 Å². The van der Waals surface area contributed by atoms with E-state index in [0.29, 0.717) is 30.1 Å². The largest absolute Gasteiger partial charge is 0.468 e. The van der Waals surface area contributed by atoms with E-state index in [9.17, 15) is 4.79 Å². The zero-order valence-corrected chi connectivity index (χ0v) is 16.3. The number of likely N-dealkylation sites (tertiary alicyclic amines) is 1. The maximum absolute atomic E-state index is 12.4. The van der Waals surface area contributed by atoms with Crippen LogP contribution in [-0.2, 0) is 14.3 Å². The van der Waals surface area contributed by atoms with Gasteiger partial charge < -0.3 is 14.8 Å². The number of quaternary nitrogens is 1. The van der Waals surface area contributed by atoms with E-state index in [1.165, 1.54) is 20.0 Å². The third-order valence-corrected chi connectivity index (χ3v) is 6.65. The first-order valence-corrected chi connectivity index (χ1v) is 9.97. The van der Waals surface area contributed by atoms with E-state index in [1.807, 2.05) is 7.11 Å². The summed E-state index contributed by atoms with van der Waals surface area (Å²) in [5, 5.41) is 2.42. The lowest BCUT2D eigenvalue weighted by Gasteiger charge is -2.43. The van der Waals surface area contributed by atoms with Gasteiger partial charge in [-0.3, -0.25) is 9.69 Å². The molecule has 1 aliphatic carbocycles. The van der Waals surface area contributed by atoms with Crippen LogP contribution in [0, 0.1) is 5.92 Å². The summed E-state index contributed by atoms with van der Waals surface area (Å²) in [5.41, 5.74) is 0. The standard InChI is InChI=1S/C19H35N3O3/c1-13(2)22-12-20-16-9-17(19(23)25-4)21(11-18(16)22)10-14-5-7-15(24-3)8-6-14/h13-18,20H,5-12H2,1-4H3/p+1. The summed E-state index contributed by atoms with van der Waals surface area (Å²) in [5.74, 6) is 0.619. The summed E-state index contributed by atoms with van der Waals surface area (Å²) in [6, 6.07) is 1.55. The second kappa shape index (κ2) is 8.33. The molecule has 3 rings (SSSR count). The van der Waals surface area contributed by atoms with Gasteiger partial charge in [0.1, 0.15) is 18.8 Å². The third kappa shape index (κ3) is 4.18. The Bertz CT molecular complexity index is 451. The van der Waals surface area contributed by atoms with Crippen LogP contribution in [0.15, 0.2) is 0 Å². The van der Waals surface area contributed by atoms with Gasteiger partial charge in [-0.15, -0.1) is 0 Å². The molecule has 3 fully saturated rings. The molecule has 144 valence electrons. The van der Waals surface area contributed by atoms with Crippen LogP contribution in [0.1, 0.15) is 46.0 Å². The number of carbonyl (C=O) groups is 1. The molecule has 0 aromatic heterocycles. The zero-order chi connectivity index (χ0) is 18.0. The summed E-state index contributed by atoms with van der Waals surface area (Å²) in [6.45, 7) is 7.61. The molecule has 3 aliphatic rings. The molecule has 0 radical (unpaired) electrons. The summed E-state index contributed by atoms with van der Waals surface area (Å²) < 4.78 is 10.6. The zero-order valence-electron chi connectivity index (χ0n) is 16.3. The van der Waals surface area contributed by atoms with Crippen molar-refractivity contribution < 1.29 is 19.6 Å². The molecule has 6 heteroatoms. The quantitative estimate of drug-likeness (QED) is 0.725. The molecule has 3 unspecified atom stereocenters. The van der Waals surface area contributed by atoms with E-state index in [0.717, 1.165) is 39.0 Å². The molecule has 2 heterocycles. The minimum absolute atomic E-state index is 0.0552. The van der Waals surface area contributed by atoms with E-state index >= 15 is 0 Å². The highest BCUT2D eigenvalue weighted by molar-refractivity contribution is 5.75. The van der Waals surface area contributed by atoms with Gasteiger partial charge in [-0.25, -0.2) is 4.90 Å². The minimum atomic E-state index is -0.0743. The fourth-order valence-corrected chi connectivity index (χ4v) is 5.12. The van der Waals surface area contributed by atoms with Crippen molar-refractivity contribution in [3.8, 4) is 0 Å². The average Bonchev–Trinajstić information content (AvgIpc) is 3.04. The second-order valence-corrected chi connectivity index (χ2v) is 8.36. The number of ether oxygens (including phenoxy) is 2. The molecule has 0 spiro atoms. The number of methoxy groups -OCH3 is 2. The highest BCUT2D eigenvalue weighted by Crippen LogP contribution is 2.30. The molecule has 3 atom stereocenters. The van der Waals surface area contributed by atoms with Crippen molar-refractivity contribution in [2.75, 3.05) is 34.0 Å². The number of nitrogens with two attached hydrogens (primary N) is 1. The van der Waals surface area contributed by atoms with Crippen LogP contribution >= 0.6 is 0 Å². The average molecular weight is 355 g/mol.